The predicted octanol–water partition coefficient (Wildman–Crippen LogP) is 4.06. The van der Waals surface area contributed by atoms with Crippen LogP contribution in [0.4, 0.5) is 5.82 Å². The number of nitrogens with one attached hydrogen (secondary N) is 1. The number of pyridine rings is 1. The van der Waals surface area contributed by atoms with E-state index >= 15 is 0 Å². The van der Waals surface area contributed by atoms with Gasteiger partial charge in [0.25, 0.3) is 0 Å². The van der Waals surface area contributed by atoms with Crippen molar-refractivity contribution in [3.8, 4) is 11.4 Å². The normalized spacial score (nSPS) is 11.0. The number of nitrogens with zero attached hydrogens (tertiary/aromatic N) is 3. The van der Waals surface area contributed by atoms with Crippen molar-refractivity contribution in [3.63, 3.8) is 0 Å². The lowest BCUT2D eigenvalue weighted by Gasteiger charge is -2.08. The van der Waals surface area contributed by atoms with Crippen LogP contribution in [0.3, 0.4) is 0 Å². The predicted molar refractivity (Wildman–Crippen MR) is 88.9 cm³/mol. The van der Waals surface area contributed by atoms with Crippen LogP contribution in [-0.2, 0) is 6.42 Å². The van der Waals surface area contributed by atoms with Gasteiger partial charge in [0.2, 0.25) is 0 Å². The minimum Gasteiger partial charge on any atom is -0.370 e. The maximum Gasteiger partial charge on any atom is 0.163 e. The molecule has 0 aliphatic carbocycles. The summed E-state index contributed by atoms with van der Waals surface area (Å²) < 4.78 is 0. The molecule has 0 atom stereocenters. The van der Waals surface area contributed by atoms with Crippen molar-refractivity contribution >= 4 is 27.4 Å². The first-order chi connectivity index (χ1) is 10.2. The Labute approximate surface area is 128 Å². The van der Waals surface area contributed by atoms with Crippen LogP contribution in [-0.4, -0.2) is 21.5 Å². The number of thiophene rings is 1. The molecule has 0 bridgehead atoms. The highest BCUT2D eigenvalue weighted by atomic mass is 32.1. The molecule has 0 unspecified atom stereocenters. The highest BCUT2D eigenvalue weighted by Crippen LogP contribution is 2.32. The van der Waals surface area contributed by atoms with Gasteiger partial charge in [0.05, 0.1) is 5.39 Å². The van der Waals surface area contributed by atoms with Crippen molar-refractivity contribution in [1.29, 1.82) is 0 Å². The standard InChI is InChI=1S/C16H18N4S/c1-4-11-8-13-14(18-5-2)19-15(20-16(13)21-11)12-6-7-17-9-10(12)3/h6-9H,4-5H2,1-3H3,(H,18,19,20). The second kappa shape index (κ2) is 5.77. The van der Waals surface area contributed by atoms with E-state index in [9.17, 15) is 0 Å². The molecule has 0 radical (unpaired) electrons. The topological polar surface area (TPSA) is 50.7 Å². The van der Waals surface area contributed by atoms with E-state index in [1.54, 1.807) is 17.5 Å². The molecular weight excluding hydrogens is 280 g/mol. The molecule has 0 aliphatic rings. The lowest BCUT2D eigenvalue weighted by molar-refractivity contribution is 1.14. The summed E-state index contributed by atoms with van der Waals surface area (Å²) in [6, 6.07) is 4.17. The minimum atomic E-state index is 0.767. The number of aromatic nitrogens is 3. The van der Waals surface area contributed by atoms with E-state index in [1.165, 1.54) is 4.88 Å². The molecule has 0 saturated carbocycles. The summed E-state index contributed by atoms with van der Waals surface area (Å²) in [5.41, 5.74) is 2.13. The number of hydrogen-bond acceptors (Lipinski definition) is 5. The smallest absolute Gasteiger partial charge is 0.163 e. The maximum absolute atomic E-state index is 4.76. The molecule has 21 heavy (non-hydrogen) atoms. The zero-order chi connectivity index (χ0) is 14.8. The van der Waals surface area contributed by atoms with Crippen molar-refractivity contribution < 1.29 is 0 Å². The molecule has 108 valence electrons. The third kappa shape index (κ3) is 2.61. The summed E-state index contributed by atoms with van der Waals surface area (Å²) in [7, 11) is 0. The van der Waals surface area contributed by atoms with Gasteiger partial charge >= 0.3 is 0 Å². The Morgan fingerprint density at radius 2 is 2.10 bits per heavy atom. The van der Waals surface area contributed by atoms with Gasteiger partial charge in [0.1, 0.15) is 10.6 Å². The molecule has 0 saturated heterocycles. The molecule has 1 N–H and O–H groups in total. The first kappa shape index (κ1) is 13.9. The van der Waals surface area contributed by atoms with Gasteiger partial charge in [0, 0.05) is 29.4 Å². The third-order valence-corrected chi connectivity index (χ3v) is 4.57. The molecule has 5 heteroatoms. The van der Waals surface area contributed by atoms with Crippen LogP contribution >= 0.6 is 11.3 Å². The zero-order valence-electron chi connectivity index (χ0n) is 12.5. The number of anilines is 1. The largest absolute Gasteiger partial charge is 0.370 e. The van der Waals surface area contributed by atoms with Gasteiger partial charge in [-0.2, -0.15) is 0 Å². The van der Waals surface area contributed by atoms with E-state index in [-0.39, 0.29) is 0 Å². The van der Waals surface area contributed by atoms with Gasteiger partial charge in [-0.15, -0.1) is 11.3 Å². The molecule has 3 heterocycles. The van der Waals surface area contributed by atoms with Crippen LogP contribution in [0.5, 0.6) is 0 Å². The highest BCUT2D eigenvalue weighted by molar-refractivity contribution is 7.18. The molecule has 3 aromatic heterocycles. The average Bonchev–Trinajstić information content (AvgIpc) is 2.91. The van der Waals surface area contributed by atoms with Crippen LogP contribution in [0.15, 0.2) is 24.5 Å². The van der Waals surface area contributed by atoms with Crippen LogP contribution in [0.2, 0.25) is 0 Å². The highest BCUT2D eigenvalue weighted by Gasteiger charge is 2.13. The summed E-state index contributed by atoms with van der Waals surface area (Å²) >= 11 is 1.75. The molecule has 0 spiro atoms. The van der Waals surface area contributed by atoms with Gasteiger partial charge in [-0.3, -0.25) is 4.98 Å². The number of aryl methyl sites for hydroxylation is 2. The van der Waals surface area contributed by atoms with Crippen LogP contribution in [0.1, 0.15) is 24.3 Å². The first-order valence-electron chi connectivity index (χ1n) is 7.18. The molecule has 0 aliphatic heterocycles. The summed E-state index contributed by atoms with van der Waals surface area (Å²) in [5.74, 6) is 1.69. The number of hydrogen-bond donors (Lipinski definition) is 1. The van der Waals surface area contributed by atoms with Gasteiger partial charge in [-0.1, -0.05) is 6.92 Å². The van der Waals surface area contributed by atoms with Crippen molar-refractivity contribution in [2.24, 2.45) is 0 Å². The molecule has 0 fully saturated rings. The molecule has 0 amide bonds. The Morgan fingerprint density at radius 1 is 1.24 bits per heavy atom. The third-order valence-electron chi connectivity index (χ3n) is 3.40. The summed E-state index contributed by atoms with van der Waals surface area (Å²) in [5, 5.41) is 4.48. The fourth-order valence-electron chi connectivity index (χ4n) is 2.29. The van der Waals surface area contributed by atoms with Crippen LogP contribution < -0.4 is 5.32 Å². The van der Waals surface area contributed by atoms with E-state index in [2.05, 4.69) is 30.2 Å². The SMILES string of the molecule is CCNc1nc(-c2ccncc2C)nc2sc(CC)cc12. The van der Waals surface area contributed by atoms with Crippen molar-refractivity contribution in [2.45, 2.75) is 27.2 Å². The van der Waals surface area contributed by atoms with Gasteiger partial charge in [0.15, 0.2) is 5.82 Å². The lowest BCUT2D eigenvalue weighted by atomic mass is 10.1. The van der Waals surface area contributed by atoms with E-state index in [1.807, 2.05) is 19.2 Å². The minimum absolute atomic E-state index is 0.767. The van der Waals surface area contributed by atoms with Crippen LogP contribution in [0.25, 0.3) is 21.6 Å². The Morgan fingerprint density at radius 3 is 2.81 bits per heavy atom. The van der Waals surface area contributed by atoms with E-state index in [0.29, 0.717) is 0 Å². The fraction of sp³-hybridized carbons (Fsp3) is 0.312. The fourth-order valence-corrected chi connectivity index (χ4v) is 3.26. The maximum atomic E-state index is 4.76. The average molecular weight is 298 g/mol. The van der Waals surface area contributed by atoms with E-state index in [0.717, 1.165) is 46.0 Å². The Bertz CT molecular complexity index is 779. The lowest BCUT2D eigenvalue weighted by Crippen LogP contribution is -2.02. The molecule has 3 rings (SSSR count). The molecule has 0 aromatic carbocycles. The van der Waals surface area contributed by atoms with Crippen molar-refractivity contribution in [1.82, 2.24) is 15.0 Å². The number of fused-ring (bicyclic) bond motifs is 1. The quantitative estimate of drug-likeness (QED) is 0.789. The Balaban J connectivity index is 2.22. The summed E-state index contributed by atoms with van der Waals surface area (Å²) in [6.07, 6.45) is 4.66. The van der Waals surface area contributed by atoms with Crippen LogP contribution in [0, 0.1) is 6.92 Å². The second-order valence-corrected chi connectivity index (χ2v) is 6.02. The Hall–Kier alpha value is -2.01. The van der Waals surface area contributed by atoms with Gasteiger partial charge in [-0.05, 0) is 38.0 Å². The second-order valence-electron chi connectivity index (χ2n) is 4.90. The van der Waals surface area contributed by atoms with Crippen molar-refractivity contribution in [2.75, 3.05) is 11.9 Å². The summed E-state index contributed by atoms with van der Waals surface area (Å²) in [4.78, 5) is 16.0. The Kier molecular flexibility index (Phi) is 3.84. The molecule has 3 aromatic rings. The molecular formula is C16H18N4S. The number of rotatable bonds is 4. The van der Waals surface area contributed by atoms with Gasteiger partial charge in [-0.25, -0.2) is 9.97 Å². The molecule has 4 nitrogen and oxygen atoms in total. The summed E-state index contributed by atoms with van der Waals surface area (Å²) in [6.45, 7) is 7.13. The zero-order valence-corrected chi connectivity index (χ0v) is 13.3. The van der Waals surface area contributed by atoms with Gasteiger partial charge < -0.3 is 5.32 Å². The van der Waals surface area contributed by atoms with E-state index < -0.39 is 0 Å². The monoisotopic (exact) mass is 298 g/mol. The van der Waals surface area contributed by atoms with Crippen molar-refractivity contribution in [3.05, 3.63) is 35.0 Å². The van der Waals surface area contributed by atoms with E-state index in [4.69, 9.17) is 9.97 Å². The first-order valence-corrected chi connectivity index (χ1v) is 7.99.